The Hall–Kier alpha value is 0.440. The molecule has 1 saturated carbocycles. The Morgan fingerprint density at radius 1 is 1.07 bits per heavy atom. The van der Waals surface area contributed by atoms with E-state index >= 15 is 0 Å². The summed E-state index contributed by atoms with van der Waals surface area (Å²) >= 11 is 4.17. The fraction of sp³-hybridized carbons (Fsp3) is 0.833. The van der Waals surface area contributed by atoms with E-state index in [4.69, 9.17) is 0 Å². The van der Waals surface area contributed by atoms with E-state index in [2.05, 4.69) is 36.5 Å². The first-order valence-corrected chi connectivity index (χ1v) is 7.81. The Balaban J connectivity index is 1.92. The molecule has 0 unspecified atom stereocenters. The summed E-state index contributed by atoms with van der Waals surface area (Å²) < 4.78 is 1.62. The zero-order chi connectivity index (χ0) is 9.80. The lowest BCUT2D eigenvalue weighted by Crippen LogP contribution is -2.14. The number of thioether (sulfide) groups is 2. The molecule has 80 valence electrons. The van der Waals surface area contributed by atoms with Crippen molar-refractivity contribution in [2.24, 2.45) is 11.8 Å². The van der Waals surface area contributed by atoms with Crippen LogP contribution in [0.3, 0.4) is 0 Å². The van der Waals surface area contributed by atoms with Crippen molar-refractivity contribution in [2.75, 3.05) is 11.5 Å². The predicted octanol–water partition coefficient (Wildman–Crippen LogP) is 4.52. The highest BCUT2D eigenvalue weighted by atomic mass is 32.2. The second-order valence-corrected chi connectivity index (χ2v) is 6.99. The van der Waals surface area contributed by atoms with Crippen LogP contribution in [-0.2, 0) is 0 Å². The van der Waals surface area contributed by atoms with E-state index < -0.39 is 0 Å². The Bertz CT molecular complexity index is 202. The van der Waals surface area contributed by atoms with Crippen molar-refractivity contribution >= 4 is 23.5 Å². The Labute approximate surface area is 96.3 Å². The lowest BCUT2D eigenvalue weighted by Gasteiger charge is -2.27. The van der Waals surface area contributed by atoms with Gasteiger partial charge in [0.2, 0.25) is 0 Å². The molecule has 0 spiro atoms. The molecule has 1 heterocycles. The van der Waals surface area contributed by atoms with Crippen LogP contribution in [0.15, 0.2) is 10.3 Å². The third-order valence-electron chi connectivity index (χ3n) is 3.31. The third-order valence-corrected chi connectivity index (χ3v) is 5.84. The summed E-state index contributed by atoms with van der Waals surface area (Å²) in [5.41, 5.74) is 0. The standard InChI is InChI=1S/C12H20S2/c1-10-5-2-3-6-11(10)9-12-13-7-4-8-14-12/h9-11H,2-8H2,1H3/t10-,11-/m1/s1. The number of hydrogen-bond acceptors (Lipinski definition) is 2. The van der Waals surface area contributed by atoms with E-state index in [1.54, 1.807) is 4.24 Å². The van der Waals surface area contributed by atoms with Gasteiger partial charge >= 0.3 is 0 Å². The van der Waals surface area contributed by atoms with Gasteiger partial charge in [-0.1, -0.05) is 32.3 Å². The molecule has 0 bridgehead atoms. The van der Waals surface area contributed by atoms with Gasteiger partial charge in [0, 0.05) is 4.24 Å². The van der Waals surface area contributed by atoms with Crippen LogP contribution in [0, 0.1) is 11.8 Å². The van der Waals surface area contributed by atoms with Crippen LogP contribution in [0.2, 0.25) is 0 Å². The van der Waals surface area contributed by atoms with Gasteiger partial charge in [-0.2, -0.15) is 0 Å². The molecule has 0 aromatic rings. The average molecular weight is 228 g/mol. The molecule has 0 aromatic heterocycles. The van der Waals surface area contributed by atoms with E-state index in [1.165, 1.54) is 43.6 Å². The molecule has 1 saturated heterocycles. The number of allylic oxidation sites excluding steroid dienone is 1. The average Bonchev–Trinajstić information content (AvgIpc) is 2.23. The van der Waals surface area contributed by atoms with Crippen molar-refractivity contribution in [3.8, 4) is 0 Å². The summed E-state index contributed by atoms with van der Waals surface area (Å²) in [5, 5.41) is 0. The maximum absolute atomic E-state index is 2.58. The van der Waals surface area contributed by atoms with Crippen LogP contribution in [0.25, 0.3) is 0 Å². The summed E-state index contributed by atoms with van der Waals surface area (Å²) in [5.74, 6) is 4.51. The molecular weight excluding hydrogens is 208 g/mol. The minimum atomic E-state index is 0.886. The molecule has 1 aliphatic heterocycles. The highest BCUT2D eigenvalue weighted by molar-refractivity contribution is 8.22. The molecule has 0 N–H and O–H groups in total. The molecule has 0 nitrogen and oxygen atoms in total. The zero-order valence-electron chi connectivity index (χ0n) is 9.00. The molecule has 2 fully saturated rings. The second kappa shape index (κ2) is 5.50. The van der Waals surface area contributed by atoms with Gasteiger partial charge in [0.1, 0.15) is 0 Å². The smallest absolute Gasteiger partial charge is 0.0363 e. The summed E-state index contributed by atoms with van der Waals surface area (Å²) in [7, 11) is 0. The van der Waals surface area contributed by atoms with Gasteiger partial charge in [0.25, 0.3) is 0 Å². The van der Waals surface area contributed by atoms with Gasteiger partial charge in [0.15, 0.2) is 0 Å². The van der Waals surface area contributed by atoms with Crippen LogP contribution < -0.4 is 0 Å². The molecule has 2 rings (SSSR count). The van der Waals surface area contributed by atoms with Crippen LogP contribution in [0.5, 0.6) is 0 Å². The minimum Gasteiger partial charge on any atom is -0.120 e. The van der Waals surface area contributed by atoms with Crippen molar-refractivity contribution in [1.29, 1.82) is 0 Å². The predicted molar refractivity (Wildman–Crippen MR) is 68.7 cm³/mol. The maximum atomic E-state index is 2.58. The van der Waals surface area contributed by atoms with Crippen LogP contribution in [0.4, 0.5) is 0 Å². The monoisotopic (exact) mass is 228 g/mol. The Morgan fingerprint density at radius 3 is 2.50 bits per heavy atom. The second-order valence-electron chi connectivity index (χ2n) is 4.46. The SMILES string of the molecule is C[C@@H]1CCCC[C@@H]1C=C1SCCCS1. The van der Waals surface area contributed by atoms with Crippen molar-refractivity contribution in [3.63, 3.8) is 0 Å². The van der Waals surface area contributed by atoms with Crippen molar-refractivity contribution in [3.05, 3.63) is 10.3 Å². The molecule has 0 amide bonds. The van der Waals surface area contributed by atoms with E-state index in [0.717, 1.165) is 11.8 Å². The molecule has 1 aliphatic carbocycles. The summed E-state index contributed by atoms with van der Waals surface area (Å²) in [6.07, 6.45) is 9.77. The lowest BCUT2D eigenvalue weighted by atomic mass is 9.81. The Morgan fingerprint density at radius 2 is 1.79 bits per heavy atom. The molecule has 2 aliphatic rings. The van der Waals surface area contributed by atoms with E-state index in [9.17, 15) is 0 Å². The molecule has 2 atom stereocenters. The number of hydrogen-bond donors (Lipinski definition) is 0. The Kier molecular flexibility index (Phi) is 4.30. The van der Waals surface area contributed by atoms with E-state index in [0.29, 0.717) is 0 Å². The summed E-state index contributed by atoms with van der Waals surface area (Å²) in [4.78, 5) is 0. The van der Waals surface area contributed by atoms with Gasteiger partial charge < -0.3 is 0 Å². The summed E-state index contributed by atoms with van der Waals surface area (Å²) in [6, 6.07) is 0. The fourth-order valence-electron chi connectivity index (χ4n) is 2.31. The van der Waals surface area contributed by atoms with Crippen LogP contribution in [0.1, 0.15) is 39.0 Å². The molecule has 0 aromatic carbocycles. The molecule has 0 radical (unpaired) electrons. The van der Waals surface area contributed by atoms with Crippen LogP contribution >= 0.6 is 23.5 Å². The van der Waals surface area contributed by atoms with Gasteiger partial charge in [-0.25, -0.2) is 0 Å². The van der Waals surface area contributed by atoms with Crippen molar-refractivity contribution in [1.82, 2.24) is 0 Å². The van der Waals surface area contributed by atoms with Crippen molar-refractivity contribution in [2.45, 2.75) is 39.0 Å². The van der Waals surface area contributed by atoms with E-state index in [-0.39, 0.29) is 0 Å². The lowest BCUT2D eigenvalue weighted by molar-refractivity contribution is 0.306. The largest absolute Gasteiger partial charge is 0.120 e. The van der Waals surface area contributed by atoms with Crippen LogP contribution in [-0.4, -0.2) is 11.5 Å². The first-order chi connectivity index (χ1) is 6.86. The van der Waals surface area contributed by atoms with Gasteiger partial charge in [-0.15, -0.1) is 23.5 Å². The van der Waals surface area contributed by atoms with Gasteiger partial charge in [0.05, 0.1) is 0 Å². The third kappa shape index (κ3) is 2.96. The number of rotatable bonds is 1. The van der Waals surface area contributed by atoms with Gasteiger partial charge in [-0.3, -0.25) is 0 Å². The highest BCUT2D eigenvalue weighted by Crippen LogP contribution is 2.39. The van der Waals surface area contributed by atoms with Gasteiger partial charge in [-0.05, 0) is 36.2 Å². The zero-order valence-corrected chi connectivity index (χ0v) is 10.6. The maximum Gasteiger partial charge on any atom is 0.0363 e. The fourth-order valence-corrected chi connectivity index (χ4v) is 4.85. The topological polar surface area (TPSA) is 0 Å². The quantitative estimate of drug-likeness (QED) is 0.647. The molecule has 2 heteroatoms. The molecular formula is C12H20S2. The summed E-state index contributed by atoms with van der Waals surface area (Å²) in [6.45, 7) is 2.43. The normalized spacial score (nSPS) is 34.2. The minimum absolute atomic E-state index is 0.886. The first kappa shape index (κ1) is 10.9. The molecule has 14 heavy (non-hydrogen) atoms. The highest BCUT2D eigenvalue weighted by Gasteiger charge is 2.20. The van der Waals surface area contributed by atoms with Crippen molar-refractivity contribution < 1.29 is 0 Å². The first-order valence-electron chi connectivity index (χ1n) is 5.83. The van der Waals surface area contributed by atoms with E-state index in [1.807, 2.05) is 0 Å².